The van der Waals surface area contributed by atoms with Gasteiger partial charge in [0.25, 0.3) is 0 Å². The summed E-state index contributed by atoms with van der Waals surface area (Å²) in [6, 6.07) is 0. The first-order chi connectivity index (χ1) is 6.91. The van der Waals surface area contributed by atoms with Crippen molar-refractivity contribution < 1.29 is 4.74 Å². The van der Waals surface area contributed by atoms with E-state index in [0.29, 0.717) is 5.41 Å². The lowest BCUT2D eigenvalue weighted by Crippen LogP contribution is -2.50. The number of rotatable bonds is 4. The van der Waals surface area contributed by atoms with Gasteiger partial charge in [0.15, 0.2) is 0 Å². The van der Waals surface area contributed by atoms with E-state index in [2.05, 4.69) is 38.3 Å². The molecular formula is C12H25NOS. The van der Waals surface area contributed by atoms with Crippen molar-refractivity contribution in [3.8, 4) is 0 Å². The van der Waals surface area contributed by atoms with Gasteiger partial charge in [0, 0.05) is 20.2 Å². The molecule has 3 heteroatoms. The Morgan fingerprint density at radius 3 is 2.67 bits per heavy atom. The molecule has 90 valence electrons. The molecule has 1 heterocycles. The molecule has 0 saturated carbocycles. The number of thiol groups is 1. The van der Waals surface area contributed by atoms with E-state index in [0.717, 1.165) is 18.8 Å². The molecule has 0 aromatic carbocycles. The van der Waals surface area contributed by atoms with Crippen LogP contribution in [0.15, 0.2) is 0 Å². The molecule has 0 spiro atoms. The fraction of sp³-hybridized carbons (Fsp3) is 1.00. The molecule has 1 fully saturated rings. The second kappa shape index (κ2) is 5.07. The molecule has 0 aliphatic carbocycles. The summed E-state index contributed by atoms with van der Waals surface area (Å²) in [5.41, 5.74) is 0.361. The first-order valence-corrected chi connectivity index (χ1v) is 6.42. The molecule has 0 aromatic rings. The Kier molecular flexibility index (Phi) is 4.50. The summed E-state index contributed by atoms with van der Waals surface area (Å²) in [5.74, 6) is 0.938. The van der Waals surface area contributed by atoms with E-state index in [1.165, 1.54) is 19.4 Å². The Morgan fingerprint density at radius 1 is 1.47 bits per heavy atom. The summed E-state index contributed by atoms with van der Waals surface area (Å²) in [6.45, 7) is 10.1. The van der Waals surface area contributed by atoms with Crippen LogP contribution in [0.4, 0.5) is 0 Å². The minimum absolute atomic E-state index is 0.0604. The summed E-state index contributed by atoms with van der Waals surface area (Å²) >= 11 is 4.41. The highest BCUT2D eigenvalue weighted by atomic mass is 32.1. The number of nitrogens with zero attached hydrogens (tertiary/aromatic N) is 1. The van der Waals surface area contributed by atoms with Gasteiger partial charge in [-0.1, -0.05) is 13.8 Å². The van der Waals surface area contributed by atoms with Gasteiger partial charge in [-0.15, -0.1) is 0 Å². The lowest BCUT2D eigenvalue weighted by atomic mass is 9.90. The largest absolute Gasteiger partial charge is 0.377 e. The van der Waals surface area contributed by atoms with Gasteiger partial charge in [-0.25, -0.2) is 0 Å². The zero-order valence-corrected chi connectivity index (χ0v) is 11.4. The summed E-state index contributed by atoms with van der Waals surface area (Å²) in [4.78, 5) is 2.52. The molecule has 0 amide bonds. The highest BCUT2D eigenvalue weighted by Crippen LogP contribution is 2.27. The van der Waals surface area contributed by atoms with Crippen LogP contribution in [0.3, 0.4) is 0 Å². The second-order valence-corrected chi connectivity index (χ2v) is 6.11. The molecule has 15 heavy (non-hydrogen) atoms. The molecule has 1 aliphatic heterocycles. The molecular weight excluding hydrogens is 206 g/mol. The van der Waals surface area contributed by atoms with Crippen molar-refractivity contribution in [2.24, 2.45) is 5.41 Å². The van der Waals surface area contributed by atoms with Gasteiger partial charge in [0.05, 0.1) is 5.60 Å². The van der Waals surface area contributed by atoms with Crippen LogP contribution in [0.5, 0.6) is 0 Å². The van der Waals surface area contributed by atoms with Crippen LogP contribution in [-0.4, -0.2) is 43.0 Å². The van der Waals surface area contributed by atoms with Gasteiger partial charge in [-0.05, 0) is 37.5 Å². The summed E-state index contributed by atoms with van der Waals surface area (Å²) in [7, 11) is 1.83. The molecule has 1 rings (SSSR count). The molecule has 0 radical (unpaired) electrons. The van der Waals surface area contributed by atoms with Gasteiger partial charge in [-0.2, -0.15) is 12.6 Å². The van der Waals surface area contributed by atoms with Crippen molar-refractivity contribution in [3.05, 3.63) is 0 Å². The Hall–Kier alpha value is 0.270. The fourth-order valence-electron chi connectivity index (χ4n) is 2.26. The first kappa shape index (κ1) is 13.3. The molecule has 1 unspecified atom stereocenters. The van der Waals surface area contributed by atoms with Gasteiger partial charge in [0.2, 0.25) is 0 Å². The SMILES string of the molecule is COC1(C)CCCN(CC(C)(C)CS)C1. The molecule has 1 saturated heterocycles. The predicted octanol–water partition coefficient (Wildman–Crippen LogP) is 2.44. The minimum atomic E-state index is 0.0604. The lowest BCUT2D eigenvalue weighted by Gasteiger charge is -2.42. The molecule has 1 atom stereocenters. The van der Waals surface area contributed by atoms with E-state index in [9.17, 15) is 0 Å². The second-order valence-electron chi connectivity index (χ2n) is 5.79. The van der Waals surface area contributed by atoms with Crippen molar-refractivity contribution in [3.63, 3.8) is 0 Å². The topological polar surface area (TPSA) is 12.5 Å². The maximum Gasteiger partial charge on any atom is 0.0777 e. The van der Waals surface area contributed by atoms with Gasteiger partial charge in [-0.3, -0.25) is 4.90 Å². The van der Waals surface area contributed by atoms with Crippen molar-refractivity contribution in [2.45, 2.75) is 39.2 Å². The van der Waals surface area contributed by atoms with Crippen LogP contribution in [0.25, 0.3) is 0 Å². The van der Waals surface area contributed by atoms with Crippen LogP contribution >= 0.6 is 12.6 Å². The zero-order valence-electron chi connectivity index (χ0n) is 10.5. The van der Waals surface area contributed by atoms with Crippen molar-refractivity contribution in [1.82, 2.24) is 4.90 Å². The maximum atomic E-state index is 5.60. The van der Waals surface area contributed by atoms with Crippen LogP contribution in [0.2, 0.25) is 0 Å². The summed E-state index contributed by atoms with van der Waals surface area (Å²) in [5, 5.41) is 0. The zero-order chi connectivity index (χ0) is 11.5. The summed E-state index contributed by atoms with van der Waals surface area (Å²) < 4.78 is 5.60. The van der Waals surface area contributed by atoms with E-state index in [1.807, 2.05) is 7.11 Å². The molecule has 0 bridgehead atoms. The normalized spacial score (nSPS) is 29.4. The fourth-order valence-corrected chi connectivity index (χ4v) is 2.36. The van der Waals surface area contributed by atoms with Gasteiger partial charge >= 0.3 is 0 Å². The van der Waals surface area contributed by atoms with Crippen LogP contribution in [-0.2, 0) is 4.74 Å². The number of hydrogen-bond donors (Lipinski definition) is 1. The summed E-state index contributed by atoms with van der Waals surface area (Å²) in [6.07, 6.45) is 2.42. The van der Waals surface area contributed by atoms with E-state index >= 15 is 0 Å². The van der Waals surface area contributed by atoms with Gasteiger partial charge < -0.3 is 4.74 Å². The quantitative estimate of drug-likeness (QED) is 0.746. The lowest BCUT2D eigenvalue weighted by molar-refractivity contribution is -0.0563. The van der Waals surface area contributed by atoms with Crippen molar-refractivity contribution in [2.75, 3.05) is 32.5 Å². The third-order valence-corrected chi connectivity index (χ3v) is 4.17. The standard InChI is InChI=1S/C12H25NOS/c1-11(2,10-15)8-13-7-5-6-12(3,9-13)14-4/h15H,5-10H2,1-4H3. The average molecular weight is 231 g/mol. The van der Waals surface area contributed by atoms with E-state index in [-0.39, 0.29) is 5.60 Å². The van der Waals surface area contributed by atoms with Gasteiger partial charge in [0.1, 0.15) is 0 Å². The Balaban J connectivity index is 2.50. The minimum Gasteiger partial charge on any atom is -0.377 e. The average Bonchev–Trinajstić information content (AvgIpc) is 2.17. The van der Waals surface area contributed by atoms with E-state index < -0.39 is 0 Å². The number of ether oxygens (including phenoxy) is 1. The monoisotopic (exact) mass is 231 g/mol. The van der Waals surface area contributed by atoms with E-state index in [4.69, 9.17) is 4.74 Å². The highest BCUT2D eigenvalue weighted by molar-refractivity contribution is 7.80. The Labute approximate surface area is 99.8 Å². The first-order valence-electron chi connectivity index (χ1n) is 5.79. The van der Waals surface area contributed by atoms with E-state index in [1.54, 1.807) is 0 Å². The van der Waals surface area contributed by atoms with Crippen molar-refractivity contribution in [1.29, 1.82) is 0 Å². The number of piperidine rings is 1. The number of methoxy groups -OCH3 is 1. The third-order valence-electron chi connectivity index (χ3n) is 3.31. The van der Waals surface area contributed by atoms with Crippen LogP contribution < -0.4 is 0 Å². The molecule has 1 aliphatic rings. The Bertz CT molecular complexity index is 206. The predicted molar refractivity (Wildman–Crippen MR) is 68.7 cm³/mol. The maximum absolute atomic E-state index is 5.60. The van der Waals surface area contributed by atoms with Crippen molar-refractivity contribution >= 4 is 12.6 Å². The molecule has 0 aromatic heterocycles. The number of likely N-dealkylation sites (tertiary alicyclic amines) is 1. The van der Waals surface area contributed by atoms with Crippen LogP contribution in [0, 0.1) is 5.41 Å². The smallest absolute Gasteiger partial charge is 0.0777 e. The molecule has 2 nitrogen and oxygen atoms in total. The third kappa shape index (κ3) is 3.97. The van der Waals surface area contributed by atoms with Crippen LogP contribution in [0.1, 0.15) is 33.6 Å². The number of hydrogen-bond acceptors (Lipinski definition) is 3. The Morgan fingerprint density at radius 2 is 2.13 bits per heavy atom. The molecule has 0 N–H and O–H groups in total. The highest BCUT2D eigenvalue weighted by Gasteiger charge is 2.32.